The SMILES string of the molecule is CCOc1ccc(S(=O)(=O)N2CCC(S(=O)(=O)c3ccc(Cl)cc3)C2)cc1F. The van der Waals surface area contributed by atoms with Crippen LogP contribution >= 0.6 is 11.6 Å². The fourth-order valence-corrected chi connectivity index (χ4v) is 6.47. The number of nitrogens with zero attached hydrogens (tertiary/aromatic N) is 1. The number of rotatable bonds is 6. The molecule has 10 heteroatoms. The van der Waals surface area contributed by atoms with Gasteiger partial charge in [0.05, 0.1) is 21.6 Å². The largest absolute Gasteiger partial charge is 0.491 e. The minimum Gasteiger partial charge on any atom is -0.491 e. The third kappa shape index (κ3) is 4.03. The van der Waals surface area contributed by atoms with Gasteiger partial charge in [-0.25, -0.2) is 21.2 Å². The highest BCUT2D eigenvalue weighted by Gasteiger charge is 2.39. The van der Waals surface area contributed by atoms with Gasteiger partial charge in [0.25, 0.3) is 0 Å². The van der Waals surface area contributed by atoms with E-state index in [1.165, 1.54) is 36.4 Å². The number of hydrogen-bond acceptors (Lipinski definition) is 5. The molecule has 28 heavy (non-hydrogen) atoms. The van der Waals surface area contributed by atoms with Crippen molar-refractivity contribution >= 4 is 31.5 Å². The van der Waals surface area contributed by atoms with E-state index in [0.29, 0.717) is 5.02 Å². The maximum absolute atomic E-state index is 14.1. The molecule has 1 unspecified atom stereocenters. The van der Waals surface area contributed by atoms with Crippen LogP contribution in [-0.4, -0.2) is 46.1 Å². The van der Waals surface area contributed by atoms with Crippen LogP contribution in [0.1, 0.15) is 13.3 Å². The van der Waals surface area contributed by atoms with E-state index >= 15 is 0 Å². The molecule has 0 aliphatic carbocycles. The van der Waals surface area contributed by atoms with Gasteiger partial charge in [-0.1, -0.05) is 11.6 Å². The minimum absolute atomic E-state index is 0.0361. The third-order valence-electron chi connectivity index (χ3n) is 4.53. The Hall–Kier alpha value is -1.68. The minimum atomic E-state index is -4.02. The van der Waals surface area contributed by atoms with Crippen molar-refractivity contribution in [1.82, 2.24) is 4.31 Å². The topological polar surface area (TPSA) is 80.8 Å². The second-order valence-corrected chi connectivity index (χ2v) is 10.9. The molecule has 3 rings (SSSR count). The Morgan fingerprint density at radius 3 is 2.36 bits per heavy atom. The van der Waals surface area contributed by atoms with E-state index in [1.54, 1.807) is 6.92 Å². The standard InChI is InChI=1S/C18H19ClFNO5S2/c1-2-26-18-8-7-15(11-17(18)20)28(24,25)21-10-9-16(12-21)27(22,23)14-5-3-13(19)4-6-14/h3-8,11,16H,2,9-10,12H2,1H3. The van der Waals surface area contributed by atoms with E-state index in [0.717, 1.165) is 10.4 Å². The van der Waals surface area contributed by atoms with E-state index in [9.17, 15) is 21.2 Å². The second kappa shape index (κ2) is 7.98. The van der Waals surface area contributed by atoms with Gasteiger partial charge in [0.1, 0.15) is 0 Å². The van der Waals surface area contributed by atoms with Gasteiger partial charge < -0.3 is 4.74 Å². The van der Waals surface area contributed by atoms with Crippen LogP contribution in [0.2, 0.25) is 5.02 Å². The molecule has 0 bridgehead atoms. The summed E-state index contributed by atoms with van der Waals surface area (Å²) in [7, 11) is -7.73. The number of ether oxygens (including phenoxy) is 1. The van der Waals surface area contributed by atoms with Crippen LogP contribution in [0, 0.1) is 5.82 Å². The van der Waals surface area contributed by atoms with Crippen LogP contribution in [0.15, 0.2) is 52.3 Å². The molecule has 1 fully saturated rings. The quantitative estimate of drug-likeness (QED) is 0.679. The molecule has 1 heterocycles. The van der Waals surface area contributed by atoms with Crippen LogP contribution in [0.5, 0.6) is 5.75 Å². The van der Waals surface area contributed by atoms with Crippen molar-refractivity contribution in [3.63, 3.8) is 0 Å². The van der Waals surface area contributed by atoms with E-state index < -0.39 is 30.9 Å². The van der Waals surface area contributed by atoms with Crippen molar-refractivity contribution in [3.8, 4) is 5.75 Å². The molecule has 0 saturated carbocycles. The summed E-state index contributed by atoms with van der Waals surface area (Å²) in [6.45, 7) is 1.78. The Morgan fingerprint density at radius 2 is 1.75 bits per heavy atom. The summed E-state index contributed by atoms with van der Waals surface area (Å²) in [6, 6.07) is 9.14. The van der Waals surface area contributed by atoms with Gasteiger partial charge in [0, 0.05) is 18.1 Å². The van der Waals surface area contributed by atoms with E-state index in [-0.39, 0.29) is 41.7 Å². The maximum Gasteiger partial charge on any atom is 0.243 e. The molecule has 1 aliphatic rings. The predicted molar refractivity (Wildman–Crippen MR) is 103 cm³/mol. The van der Waals surface area contributed by atoms with Gasteiger partial charge in [-0.05, 0) is 55.8 Å². The highest BCUT2D eigenvalue weighted by molar-refractivity contribution is 7.92. The molecule has 0 N–H and O–H groups in total. The maximum atomic E-state index is 14.1. The zero-order valence-corrected chi connectivity index (χ0v) is 17.4. The normalized spacial score (nSPS) is 18.3. The van der Waals surface area contributed by atoms with Gasteiger partial charge in [-0.2, -0.15) is 4.31 Å². The van der Waals surface area contributed by atoms with Crippen LogP contribution in [0.4, 0.5) is 4.39 Å². The first-order valence-electron chi connectivity index (χ1n) is 8.58. The van der Waals surface area contributed by atoms with Gasteiger partial charge in [-0.15, -0.1) is 0 Å². The monoisotopic (exact) mass is 447 g/mol. The third-order valence-corrected chi connectivity index (χ3v) is 8.83. The molecule has 1 atom stereocenters. The molecule has 0 aromatic heterocycles. The lowest BCUT2D eigenvalue weighted by molar-refractivity contribution is 0.321. The average molecular weight is 448 g/mol. The average Bonchev–Trinajstić information content (AvgIpc) is 3.16. The summed E-state index contributed by atoms with van der Waals surface area (Å²) in [4.78, 5) is -0.147. The Balaban J connectivity index is 1.82. The van der Waals surface area contributed by atoms with Crippen LogP contribution in [0.3, 0.4) is 0 Å². The summed E-state index contributed by atoms with van der Waals surface area (Å²) < 4.78 is 71.4. The molecule has 152 valence electrons. The number of sulfonamides is 1. The van der Waals surface area contributed by atoms with E-state index in [2.05, 4.69) is 0 Å². The van der Waals surface area contributed by atoms with Gasteiger partial charge in [0.2, 0.25) is 10.0 Å². The summed E-state index contributed by atoms with van der Waals surface area (Å²) in [5.41, 5.74) is 0. The molecular weight excluding hydrogens is 429 g/mol. The first kappa shape index (κ1) is 21.0. The summed E-state index contributed by atoms with van der Waals surface area (Å²) in [6.07, 6.45) is 0.156. The van der Waals surface area contributed by atoms with Crippen LogP contribution < -0.4 is 4.74 Å². The highest BCUT2D eigenvalue weighted by Crippen LogP contribution is 2.30. The summed E-state index contributed by atoms with van der Waals surface area (Å²) in [5.74, 6) is -0.821. The van der Waals surface area contributed by atoms with Crippen molar-refractivity contribution in [2.75, 3.05) is 19.7 Å². The Morgan fingerprint density at radius 1 is 1.11 bits per heavy atom. The van der Waals surface area contributed by atoms with E-state index in [1.807, 2.05) is 0 Å². The molecule has 1 saturated heterocycles. The van der Waals surface area contributed by atoms with Crippen molar-refractivity contribution in [2.24, 2.45) is 0 Å². The Labute approximate surface area is 168 Å². The molecule has 0 radical (unpaired) electrons. The second-order valence-electron chi connectivity index (χ2n) is 6.30. The summed E-state index contributed by atoms with van der Waals surface area (Å²) in [5, 5.41) is -0.469. The van der Waals surface area contributed by atoms with Crippen molar-refractivity contribution in [1.29, 1.82) is 0 Å². The highest BCUT2D eigenvalue weighted by atomic mass is 35.5. The van der Waals surface area contributed by atoms with Crippen LogP contribution in [-0.2, 0) is 19.9 Å². The van der Waals surface area contributed by atoms with Gasteiger partial charge in [-0.3, -0.25) is 0 Å². The number of sulfone groups is 1. The smallest absolute Gasteiger partial charge is 0.243 e. The molecule has 1 aliphatic heterocycles. The summed E-state index contributed by atoms with van der Waals surface area (Å²) >= 11 is 5.79. The molecule has 2 aromatic rings. The van der Waals surface area contributed by atoms with Gasteiger partial charge >= 0.3 is 0 Å². The number of halogens is 2. The van der Waals surface area contributed by atoms with Crippen LogP contribution in [0.25, 0.3) is 0 Å². The first-order valence-corrected chi connectivity index (χ1v) is 11.9. The van der Waals surface area contributed by atoms with Crippen molar-refractivity contribution in [3.05, 3.63) is 53.3 Å². The lowest BCUT2D eigenvalue weighted by atomic mass is 10.3. The molecule has 2 aromatic carbocycles. The van der Waals surface area contributed by atoms with E-state index in [4.69, 9.17) is 16.3 Å². The molecule has 6 nitrogen and oxygen atoms in total. The molecule has 0 spiro atoms. The zero-order valence-electron chi connectivity index (χ0n) is 15.0. The zero-order chi connectivity index (χ0) is 20.5. The predicted octanol–water partition coefficient (Wildman–Crippen LogP) is 3.11. The molecular formula is C18H19ClFNO5S2. The lowest BCUT2D eigenvalue weighted by Crippen LogP contribution is -2.32. The fourth-order valence-electron chi connectivity index (χ4n) is 3.05. The molecule has 0 amide bonds. The number of benzene rings is 2. The fraction of sp³-hybridized carbons (Fsp3) is 0.333. The van der Waals surface area contributed by atoms with Gasteiger partial charge in [0.15, 0.2) is 21.4 Å². The van der Waals surface area contributed by atoms with Crippen molar-refractivity contribution < 1.29 is 26.0 Å². The van der Waals surface area contributed by atoms with Crippen molar-refractivity contribution in [2.45, 2.75) is 28.4 Å². The first-order chi connectivity index (χ1) is 13.2. The Bertz CT molecular complexity index is 1070. The Kier molecular flexibility index (Phi) is 6.00. The number of hydrogen-bond donors (Lipinski definition) is 0. The lowest BCUT2D eigenvalue weighted by Gasteiger charge is -2.17.